The van der Waals surface area contributed by atoms with Gasteiger partial charge in [0.05, 0.1) is 13.7 Å². The maximum atomic E-state index is 12.2. The number of nitrogens with one attached hydrogen (secondary N) is 3. The van der Waals surface area contributed by atoms with Crippen LogP contribution in [0.15, 0.2) is 40.9 Å². The molecule has 0 aliphatic rings. The normalized spacial score (nSPS) is 10.7. The predicted molar refractivity (Wildman–Crippen MR) is 122 cm³/mol. The summed E-state index contributed by atoms with van der Waals surface area (Å²) in [5, 5.41) is 18.1. The molecule has 8 heteroatoms. The van der Waals surface area contributed by atoms with Crippen LogP contribution >= 0.6 is 15.9 Å². The van der Waals surface area contributed by atoms with Gasteiger partial charge in [0.25, 0.3) is 5.91 Å². The SMILES string of the molecule is COc1cc(CNCCCNCCO)c(Br)cc1OCC(=O)Nc1ccc(C)cc1. The highest BCUT2D eigenvalue weighted by Gasteiger charge is 2.12. The third-order valence-electron chi connectivity index (χ3n) is 4.34. The topological polar surface area (TPSA) is 91.8 Å². The molecular weight excluding hydrogens is 450 g/mol. The van der Waals surface area contributed by atoms with E-state index in [1.807, 2.05) is 43.3 Å². The molecule has 0 unspecified atom stereocenters. The van der Waals surface area contributed by atoms with E-state index in [1.165, 1.54) is 0 Å². The number of methoxy groups -OCH3 is 1. The zero-order valence-corrected chi connectivity index (χ0v) is 19.0. The number of anilines is 1. The zero-order chi connectivity index (χ0) is 21.8. The molecule has 0 heterocycles. The third kappa shape index (κ3) is 8.31. The molecule has 7 nitrogen and oxygen atoms in total. The molecule has 0 bridgehead atoms. The Balaban J connectivity index is 1.85. The number of hydrogen-bond donors (Lipinski definition) is 4. The van der Waals surface area contributed by atoms with Crippen LogP contribution in [0.25, 0.3) is 0 Å². The van der Waals surface area contributed by atoms with Gasteiger partial charge >= 0.3 is 0 Å². The highest BCUT2D eigenvalue weighted by molar-refractivity contribution is 9.10. The first-order valence-electron chi connectivity index (χ1n) is 9.91. The Hall–Kier alpha value is -2.13. The Morgan fingerprint density at radius 2 is 1.80 bits per heavy atom. The van der Waals surface area contributed by atoms with Crippen LogP contribution < -0.4 is 25.4 Å². The molecule has 1 amide bonds. The van der Waals surface area contributed by atoms with E-state index >= 15 is 0 Å². The number of aliphatic hydroxyl groups is 1. The Labute approximate surface area is 186 Å². The fourth-order valence-corrected chi connectivity index (χ4v) is 3.19. The maximum absolute atomic E-state index is 12.2. The van der Waals surface area contributed by atoms with Gasteiger partial charge in [0, 0.05) is 23.2 Å². The Morgan fingerprint density at radius 1 is 1.07 bits per heavy atom. The van der Waals surface area contributed by atoms with E-state index in [2.05, 4.69) is 31.9 Å². The monoisotopic (exact) mass is 479 g/mol. The average Bonchev–Trinajstić information content (AvgIpc) is 2.74. The zero-order valence-electron chi connectivity index (χ0n) is 17.5. The van der Waals surface area contributed by atoms with Gasteiger partial charge in [0.1, 0.15) is 0 Å². The molecule has 0 saturated heterocycles. The molecule has 0 spiro atoms. The molecule has 0 atom stereocenters. The first-order valence-corrected chi connectivity index (χ1v) is 10.7. The quantitative estimate of drug-likeness (QED) is 0.330. The minimum atomic E-state index is -0.238. The van der Waals surface area contributed by atoms with E-state index < -0.39 is 0 Å². The van der Waals surface area contributed by atoms with Crippen LogP contribution in [0.4, 0.5) is 5.69 Å². The van der Waals surface area contributed by atoms with Gasteiger partial charge in [-0.2, -0.15) is 0 Å². The smallest absolute Gasteiger partial charge is 0.262 e. The summed E-state index contributed by atoms with van der Waals surface area (Å²) in [6, 6.07) is 11.3. The fourth-order valence-electron chi connectivity index (χ4n) is 2.73. The van der Waals surface area contributed by atoms with Crippen LogP contribution in [-0.4, -0.2) is 51.0 Å². The highest BCUT2D eigenvalue weighted by atomic mass is 79.9. The number of aryl methyl sites for hydroxylation is 1. The first kappa shape index (κ1) is 24.1. The number of ether oxygens (including phenoxy) is 2. The second-order valence-electron chi connectivity index (χ2n) is 6.80. The van der Waals surface area contributed by atoms with Crippen molar-refractivity contribution in [2.45, 2.75) is 19.9 Å². The van der Waals surface area contributed by atoms with E-state index in [9.17, 15) is 4.79 Å². The summed E-state index contributed by atoms with van der Waals surface area (Å²) < 4.78 is 12.0. The van der Waals surface area contributed by atoms with Gasteiger partial charge < -0.3 is 30.5 Å². The lowest BCUT2D eigenvalue weighted by Gasteiger charge is -2.14. The number of halogens is 1. The van der Waals surface area contributed by atoms with E-state index in [1.54, 1.807) is 7.11 Å². The number of rotatable bonds is 13. The molecule has 0 fully saturated rings. The van der Waals surface area contributed by atoms with Crippen molar-refractivity contribution < 1.29 is 19.4 Å². The summed E-state index contributed by atoms with van der Waals surface area (Å²) in [5.41, 5.74) is 2.90. The van der Waals surface area contributed by atoms with Crippen molar-refractivity contribution in [2.75, 3.05) is 45.3 Å². The third-order valence-corrected chi connectivity index (χ3v) is 5.08. The second kappa shape index (κ2) is 13.2. The number of aliphatic hydroxyl groups excluding tert-OH is 1. The van der Waals surface area contributed by atoms with Gasteiger partial charge in [-0.1, -0.05) is 33.6 Å². The van der Waals surface area contributed by atoms with E-state index in [0.29, 0.717) is 24.6 Å². The number of benzene rings is 2. The average molecular weight is 480 g/mol. The molecule has 2 rings (SSSR count). The molecule has 0 aromatic heterocycles. The van der Waals surface area contributed by atoms with Gasteiger partial charge in [-0.3, -0.25) is 4.79 Å². The van der Waals surface area contributed by atoms with Crippen LogP contribution in [0.5, 0.6) is 11.5 Å². The van der Waals surface area contributed by atoms with Crippen molar-refractivity contribution in [1.29, 1.82) is 0 Å². The predicted octanol–water partition coefficient (Wildman–Crippen LogP) is 2.85. The lowest BCUT2D eigenvalue weighted by atomic mass is 10.2. The van der Waals surface area contributed by atoms with E-state index in [-0.39, 0.29) is 19.1 Å². The van der Waals surface area contributed by atoms with Gasteiger partial charge in [-0.15, -0.1) is 0 Å². The molecule has 2 aromatic rings. The standard InChI is InChI=1S/C22H30BrN3O4/c1-16-4-6-18(7-5-16)26-22(28)15-30-21-13-19(23)17(12-20(21)29-2)14-25-9-3-8-24-10-11-27/h4-7,12-13,24-25,27H,3,8-11,14-15H2,1-2H3,(H,26,28). The summed E-state index contributed by atoms with van der Waals surface area (Å²) in [5.74, 6) is 0.834. The lowest BCUT2D eigenvalue weighted by molar-refractivity contribution is -0.118. The summed E-state index contributed by atoms with van der Waals surface area (Å²) in [6.45, 7) is 5.03. The number of carbonyl (C=O) groups is 1. The molecule has 0 radical (unpaired) electrons. The van der Waals surface area contributed by atoms with Crippen molar-refractivity contribution in [3.63, 3.8) is 0 Å². The summed E-state index contributed by atoms with van der Waals surface area (Å²) in [4.78, 5) is 12.2. The minimum absolute atomic E-state index is 0.116. The fraction of sp³-hybridized carbons (Fsp3) is 0.409. The van der Waals surface area contributed by atoms with Crippen LogP contribution in [-0.2, 0) is 11.3 Å². The van der Waals surface area contributed by atoms with Crippen LogP contribution in [0, 0.1) is 6.92 Å². The second-order valence-corrected chi connectivity index (χ2v) is 7.66. The molecule has 2 aromatic carbocycles. The van der Waals surface area contributed by atoms with Crippen LogP contribution in [0.2, 0.25) is 0 Å². The van der Waals surface area contributed by atoms with Gasteiger partial charge in [0.2, 0.25) is 0 Å². The van der Waals surface area contributed by atoms with Crippen molar-refractivity contribution in [3.8, 4) is 11.5 Å². The lowest BCUT2D eigenvalue weighted by Crippen LogP contribution is -2.24. The van der Waals surface area contributed by atoms with Gasteiger partial charge in [-0.05, 0) is 56.3 Å². The van der Waals surface area contributed by atoms with Gasteiger partial charge in [0.15, 0.2) is 18.1 Å². The van der Waals surface area contributed by atoms with Gasteiger partial charge in [-0.25, -0.2) is 0 Å². The van der Waals surface area contributed by atoms with Crippen molar-refractivity contribution in [1.82, 2.24) is 10.6 Å². The minimum Gasteiger partial charge on any atom is -0.493 e. The number of amides is 1. The summed E-state index contributed by atoms with van der Waals surface area (Å²) in [6.07, 6.45) is 0.964. The summed E-state index contributed by atoms with van der Waals surface area (Å²) >= 11 is 3.57. The van der Waals surface area contributed by atoms with Crippen molar-refractivity contribution in [3.05, 3.63) is 52.0 Å². The number of carbonyl (C=O) groups excluding carboxylic acids is 1. The maximum Gasteiger partial charge on any atom is 0.262 e. The van der Waals surface area contributed by atoms with Crippen molar-refractivity contribution in [2.24, 2.45) is 0 Å². The molecule has 4 N–H and O–H groups in total. The molecule has 164 valence electrons. The Kier molecular flexibility index (Phi) is 10.6. The molecular formula is C22H30BrN3O4. The van der Waals surface area contributed by atoms with E-state index in [4.69, 9.17) is 14.6 Å². The van der Waals surface area contributed by atoms with Crippen LogP contribution in [0.1, 0.15) is 17.5 Å². The Bertz CT molecular complexity index is 800. The largest absolute Gasteiger partial charge is 0.493 e. The van der Waals surface area contributed by atoms with Crippen LogP contribution in [0.3, 0.4) is 0 Å². The van der Waals surface area contributed by atoms with E-state index in [0.717, 1.165) is 40.8 Å². The molecule has 0 aliphatic carbocycles. The first-order chi connectivity index (χ1) is 14.5. The molecule has 0 aliphatic heterocycles. The summed E-state index contributed by atoms with van der Waals surface area (Å²) in [7, 11) is 1.58. The highest BCUT2D eigenvalue weighted by Crippen LogP contribution is 2.33. The van der Waals surface area contributed by atoms with Crippen molar-refractivity contribution >= 4 is 27.5 Å². The number of hydrogen-bond acceptors (Lipinski definition) is 6. The molecule has 0 saturated carbocycles. The Morgan fingerprint density at radius 3 is 2.50 bits per heavy atom. The molecule has 30 heavy (non-hydrogen) atoms.